The van der Waals surface area contributed by atoms with Crippen LogP contribution in [0.25, 0.3) is 0 Å². The van der Waals surface area contributed by atoms with Gasteiger partial charge in [0, 0.05) is 19.2 Å². The molecule has 0 bridgehead atoms. The number of halogens is 2. The molecule has 0 aliphatic carbocycles. The number of aliphatic hydroxyl groups is 1. The highest BCUT2D eigenvalue weighted by Gasteiger charge is 2.17. The van der Waals surface area contributed by atoms with Crippen molar-refractivity contribution < 1.29 is 19.3 Å². The molecule has 1 aromatic rings. The van der Waals surface area contributed by atoms with Crippen LogP contribution in [0.5, 0.6) is 5.75 Å². The number of hydrogen-bond acceptors (Lipinski definition) is 5. The Morgan fingerprint density at radius 3 is 2.93 bits per heavy atom. The van der Waals surface area contributed by atoms with Gasteiger partial charge in [-0.15, -0.1) is 0 Å². The van der Waals surface area contributed by atoms with E-state index in [1.54, 1.807) is 18.2 Å². The van der Waals surface area contributed by atoms with Gasteiger partial charge in [0.15, 0.2) is 5.96 Å². The molecule has 1 fully saturated rings. The zero-order valence-corrected chi connectivity index (χ0v) is 17.8. The molecule has 9 heteroatoms. The SMILES string of the molecule is CCNC(=NCC(O)COc1cccc(Cl)c1Cl)NC(C)COC1CCOC1. The number of benzene rings is 1. The van der Waals surface area contributed by atoms with Gasteiger partial charge in [-0.2, -0.15) is 0 Å². The predicted molar refractivity (Wildman–Crippen MR) is 112 cm³/mol. The van der Waals surface area contributed by atoms with Gasteiger partial charge < -0.3 is 30.0 Å². The zero-order valence-electron chi connectivity index (χ0n) is 16.3. The van der Waals surface area contributed by atoms with E-state index in [0.29, 0.717) is 41.5 Å². The lowest BCUT2D eigenvalue weighted by molar-refractivity contribution is 0.0347. The van der Waals surface area contributed by atoms with Gasteiger partial charge in [-0.25, -0.2) is 0 Å². The van der Waals surface area contributed by atoms with Gasteiger partial charge >= 0.3 is 0 Å². The molecule has 0 saturated carbocycles. The third-order valence-corrected chi connectivity index (χ3v) is 4.81. The number of rotatable bonds is 10. The van der Waals surface area contributed by atoms with Gasteiger partial charge in [-0.3, -0.25) is 4.99 Å². The Labute approximate surface area is 176 Å². The van der Waals surface area contributed by atoms with E-state index in [1.165, 1.54) is 0 Å². The Morgan fingerprint density at radius 1 is 1.39 bits per heavy atom. The summed E-state index contributed by atoms with van der Waals surface area (Å²) in [5.74, 6) is 1.05. The molecule has 1 saturated heterocycles. The molecule has 158 valence electrons. The summed E-state index contributed by atoms with van der Waals surface area (Å²) in [5, 5.41) is 17.3. The van der Waals surface area contributed by atoms with E-state index < -0.39 is 6.10 Å². The van der Waals surface area contributed by atoms with Crippen LogP contribution in [0.2, 0.25) is 10.0 Å². The van der Waals surface area contributed by atoms with Crippen LogP contribution in [0, 0.1) is 0 Å². The Hall–Kier alpha value is -1.25. The van der Waals surface area contributed by atoms with E-state index in [2.05, 4.69) is 15.6 Å². The van der Waals surface area contributed by atoms with Crippen molar-refractivity contribution in [3.05, 3.63) is 28.2 Å². The fourth-order valence-electron chi connectivity index (χ4n) is 2.55. The molecular formula is C19H29Cl2N3O4. The molecule has 3 unspecified atom stereocenters. The van der Waals surface area contributed by atoms with Crippen LogP contribution in [0.15, 0.2) is 23.2 Å². The quantitative estimate of drug-likeness (QED) is 0.388. The second kappa shape index (κ2) is 12.3. The number of aliphatic imine (C=N–C) groups is 1. The summed E-state index contributed by atoms with van der Waals surface area (Å²) < 4.78 is 16.7. The van der Waals surface area contributed by atoms with Gasteiger partial charge in [0.25, 0.3) is 0 Å². The molecule has 0 amide bonds. The molecule has 28 heavy (non-hydrogen) atoms. The number of aliphatic hydroxyl groups excluding tert-OH is 1. The fourth-order valence-corrected chi connectivity index (χ4v) is 2.90. The highest BCUT2D eigenvalue weighted by molar-refractivity contribution is 6.42. The topological polar surface area (TPSA) is 84.3 Å². The van der Waals surface area contributed by atoms with Gasteiger partial charge in [-0.1, -0.05) is 29.3 Å². The molecule has 7 nitrogen and oxygen atoms in total. The molecule has 1 aromatic carbocycles. The van der Waals surface area contributed by atoms with Crippen molar-refractivity contribution in [1.29, 1.82) is 0 Å². The van der Waals surface area contributed by atoms with Crippen LogP contribution in [0.4, 0.5) is 0 Å². The van der Waals surface area contributed by atoms with E-state index in [4.69, 9.17) is 37.4 Å². The number of guanidine groups is 1. The second-order valence-electron chi connectivity index (χ2n) is 6.60. The first kappa shape index (κ1) is 23.0. The molecule has 0 spiro atoms. The van der Waals surface area contributed by atoms with Crippen molar-refractivity contribution in [3.63, 3.8) is 0 Å². The summed E-state index contributed by atoms with van der Waals surface area (Å²) in [6.07, 6.45) is 0.317. The smallest absolute Gasteiger partial charge is 0.191 e. The average molecular weight is 434 g/mol. The minimum atomic E-state index is -0.785. The van der Waals surface area contributed by atoms with Crippen molar-refractivity contribution >= 4 is 29.2 Å². The molecule has 1 aliphatic heterocycles. The fraction of sp³-hybridized carbons (Fsp3) is 0.632. The summed E-state index contributed by atoms with van der Waals surface area (Å²) in [5.41, 5.74) is 0. The van der Waals surface area contributed by atoms with Gasteiger partial charge in [0.1, 0.15) is 23.5 Å². The highest BCUT2D eigenvalue weighted by atomic mass is 35.5. The lowest BCUT2D eigenvalue weighted by Crippen LogP contribution is -2.45. The van der Waals surface area contributed by atoms with Crippen LogP contribution in [-0.2, 0) is 9.47 Å². The van der Waals surface area contributed by atoms with Gasteiger partial charge in [0.05, 0.1) is 30.9 Å². The minimum absolute atomic E-state index is 0.0588. The lowest BCUT2D eigenvalue weighted by Gasteiger charge is -2.20. The van der Waals surface area contributed by atoms with Crippen molar-refractivity contribution in [2.75, 3.05) is 39.5 Å². The minimum Gasteiger partial charge on any atom is -0.489 e. The summed E-state index contributed by atoms with van der Waals surface area (Å²) in [6.45, 7) is 6.91. The summed E-state index contributed by atoms with van der Waals surface area (Å²) >= 11 is 12.0. The number of nitrogens with zero attached hydrogens (tertiary/aromatic N) is 1. The molecular weight excluding hydrogens is 405 g/mol. The number of hydrogen-bond donors (Lipinski definition) is 3. The van der Waals surface area contributed by atoms with Crippen molar-refractivity contribution in [3.8, 4) is 5.75 Å². The van der Waals surface area contributed by atoms with Crippen molar-refractivity contribution in [1.82, 2.24) is 10.6 Å². The molecule has 3 atom stereocenters. The Morgan fingerprint density at radius 2 is 2.21 bits per heavy atom. The van der Waals surface area contributed by atoms with E-state index in [-0.39, 0.29) is 25.3 Å². The molecule has 1 aliphatic rings. The van der Waals surface area contributed by atoms with Crippen molar-refractivity contribution in [2.24, 2.45) is 4.99 Å². The molecule has 0 radical (unpaired) electrons. The molecule has 0 aromatic heterocycles. The van der Waals surface area contributed by atoms with E-state index in [9.17, 15) is 5.11 Å². The van der Waals surface area contributed by atoms with Crippen LogP contribution in [0.1, 0.15) is 20.3 Å². The summed E-state index contributed by atoms with van der Waals surface area (Å²) in [6, 6.07) is 5.18. The number of nitrogens with one attached hydrogen (secondary N) is 2. The Balaban J connectivity index is 1.77. The first-order valence-corrected chi connectivity index (χ1v) is 10.2. The maximum atomic E-state index is 10.2. The molecule has 3 N–H and O–H groups in total. The van der Waals surface area contributed by atoms with Gasteiger partial charge in [-0.05, 0) is 32.4 Å². The first-order valence-electron chi connectivity index (χ1n) is 9.48. The molecule has 2 rings (SSSR count). The maximum absolute atomic E-state index is 10.2. The van der Waals surface area contributed by atoms with E-state index >= 15 is 0 Å². The van der Waals surface area contributed by atoms with Crippen LogP contribution < -0.4 is 15.4 Å². The van der Waals surface area contributed by atoms with E-state index in [1.807, 2.05) is 13.8 Å². The monoisotopic (exact) mass is 433 g/mol. The van der Waals surface area contributed by atoms with Crippen LogP contribution in [0.3, 0.4) is 0 Å². The summed E-state index contributed by atoms with van der Waals surface area (Å²) in [7, 11) is 0. The van der Waals surface area contributed by atoms with Gasteiger partial charge in [0.2, 0.25) is 0 Å². The third kappa shape index (κ3) is 8.01. The zero-order chi connectivity index (χ0) is 20.4. The Kier molecular flexibility index (Phi) is 10.2. The average Bonchev–Trinajstić information content (AvgIpc) is 3.19. The first-order chi connectivity index (χ1) is 13.5. The second-order valence-corrected chi connectivity index (χ2v) is 7.39. The predicted octanol–water partition coefficient (Wildman–Crippen LogP) is 2.48. The standard InChI is InChI=1S/C19H29Cl2N3O4/c1-3-22-19(24-13(2)10-27-15-7-8-26-12-15)23-9-14(25)11-28-17-6-4-5-16(20)18(17)21/h4-6,13-15,25H,3,7-12H2,1-2H3,(H2,22,23,24). The van der Waals surface area contributed by atoms with Crippen LogP contribution >= 0.6 is 23.2 Å². The van der Waals surface area contributed by atoms with E-state index in [0.717, 1.165) is 13.0 Å². The highest BCUT2D eigenvalue weighted by Crippen LogP contribution is 2.31. The molecule has 1 heterocycles. The normalized spacial score (nSPS) is 19.3. The number of ether oxygens (including phenoxy) is 3. The third-order valence-electron chi connectivity index (χ3n) is 4.00. The summed E-state index contributed by atoms with van der Waals surface area (Å²) in [4.78, 5) is 4.41. The van der Waals surface area contributed by atoms with Crippen LogP contribution in [-0.4, -0.2) is 68.8 Å². The largest absolute Gasteiger partial charge is 0.489 e. The lowest BCUT2D eigenvalue weighted by atomic mass is 10.3. The maximum Gasteiger partial charge on any atom is 0.191 e. The van der Waals surface area contributed by atoms with Crippen molar-refractivity contribution in [2.45, 2.75) is 38.5 Å². The Bertz CT molecular complexity index is 627.